The maximum Gasteiger partial charge on any atom is 0.306 e. The van der Waals surface area contributed by atoms with E-state index in [-0.39, 0.29) is 12.1 Å². The van der Waals surface area contributed by atoms with Crippen LogP contribution in [0.25, 0.3) is 0 Å². The van der Waals surface area contributed by atoms with Gasteiger partial charge in [0.05, 0.1) is 12.5 Å². The molecule has 4 nitrogen and oxygen atoms in total. The fourth-order valence-electron chi connectivity index (χ4n) is 2.57. The summed E-state index contributed by atoms with van der Waals surface area (Å²) < 4.78 is 10.2. The molecule has 0 radical (unpaired) electrons. The highest BCUT2D eigenvalue weighted by molar-refractivity contribution is 5.71. The SMILES string of the molecule is CC[C@@H]1OC(=O)C[C@@H]1C.CC[C@@H]1OC(O)C[C@@H]1C. The number of rotatable bonds is 2. The summed E-state index contributed by atoms with van der Waals surface area (Å²) in [5.41, 5.74) is 0. The maximum atomic E-state index is 10.6. The number of aliphatic hydroxyl groups is 1. The van der Waals surface area contributed by atoms with Crippen molar-refractivity contribution in [1.82, 2.24) is 0 Å². The van der Waals surface area contributed by atoms with Crippen LogP contribution in [0, 0.1) is 11.8 Å². The molecule has 0 aromatic rings. The third-order valence-corrected chi connectivity index (χ3v) is 3.75. The van der Waals surface area contributed by atoms with E-state index >= 15 is 0 Å². The zero-order valence-corrected chi connectivity index (χ0v) is 11.9. The molecular weight excluding hydrogens is 232 g/mol. The van der Waals surface area contributed by atoms with E-state index in [1.54, 1.807) is 0 Å². The van der Waals surface area contributed by atoms with Gasteiger partial charge in [0, 0.05) is 12.3 Å². The highest BCUT2D eigenvalue weighted by atomic mass is 16.6. The van der Waals surface area contributed by atoms with Crippen LogP contribution in [0.3, 0.4) is 0 Å². The van der Waals surface area contributed by atoms with Gasteiger partial charge in [0.2, 0.25) is 0 Å². The van der Waals surface area contributed by atoms with E-state index in [0.717, 1.165) is 19.3 Å². The Bertz CT molecular complexity index is 267. The summed E-state index contributed by atoms with van der Waals surface area (Å²) in [5, 5.41) is 8.98. The number of carbonyl (C=O) groups is 1. The molecule has 18 heavy (non-hydrogen) atoms. The molecule has 0 spiro atoms. The van der Waals surface area contributed by atoms with Crippen LogP contribution >= 0.6 is 0 Å². The molecule has 0 aromatic carbocycles. The maximum absolute atomic E-state index is 10.6. The molecule has 1 N–H and O–H groups in total. The lowest BCUT2D eigenvalue weighted by Crippen LogP contribution is -2.12. The average Bonchev–Trinajstić information content (AvgIpc) is 2.81. The summed E-state index contributed by atoms with van der Waals surface area (Å²) >= 11 is 0. The molecule has 2 aliphatic heterocycles. The van der Waals surface area contributed by atoms with Crippen LogP contribution in [-0.2, 0) is 14.3 Å². The van der Waals surface area contributed by atoms with Crippen LogP contribution in [0.2, 0.25) is 0 Å². The zero-order valence-electron chi connectivity index (χ0n) is 11.9. The lowest BCUT2D eigenvalue weighted by Gasteiger charge is -2.09. The van der Waals surface area contributed by atoms with E-state index in [4.69, 9.17) is 14.6 Å². The predicted molar refractivity (Wildman–Crippen MR) is 68.9 cm³/mol. The first-order valence-corrected chi connectivity index (χ1v) is 7.00. The number of ether oxygens (including phenoxy) is 2. The van der Waals surface area contributed by atoms with Crippen molar-refractivity contribution in [3.8, 4) is 0 Å². The minimum absolute atomic E-state index is 0.0330. The summed E-state index contributed by atoms with van der Waals surface area (Å²) in [6.45, 7) is 8.29. The Balaban J connectivity index is 0.000000180. The molecule has 2 rings (SSSR count). The van der Waals surface area contributed by atoms with Crippen LogP contribution < -0.4 is 0 Å². The van der Waals surface area contributed by atoms with E-state index in [1.165, 1.54) is 0 Å². The molecule has 2 aliphatic rings. The summed E-state index contributed by atoms with van der Waals surface area (Å²) in [6.07, 6.45) is 3.37. The molecule has 0 amide bonds. The van der Waals surface area contributed by atoms with Gasteiger partial charge in [0.1, 0.15) is 6.10 Å². The summed E-state index contributed by atoms with van der Waals surface area (Å²) in [7, 11) is 0. The monoisotopic (exact) mass is 258 g/mol. The molecular formula is C14H26O4. The fraction of sp³-hybridized carbons (Fsp3) is 0.929. The number of aliphatic hydroxyl groups excluding tert-OH is 1. The van der Waals surface area contributed by atoms with Crippen molar-refractivity contribution in [3.63, 3.8) is 0 Å². The molecule has 4 heteroatoms. The second-order valence-corrected chi connectivity index (χ2v) is 5.37. The molecule has 0 saturated carbocycles. The van der Waals surface area contributed by atoms with Crippen LogP contribution in [0.15, 0.2) is 0 Å². The lowest BCUT2D eigenvalue weighted by atomic mass is 10.0. The molecule has 0 aromatic heterocycles. The number of cyclic esters (lactones) is 1. The Labute approximate surface area is 110 Å². The standard InChI is InChI=1S/C7H14O2.C7H12O2/c2*1-3-6-5(2)4-7(8)9-6/h5-8H,3-4H2,1-2H3;5-6H,3-4H2,1-2H3/t5-,6-,7?;5-,6-/m00/s1. The minimum Gasteiger partial charge on any atom is -0.462 e. The normalized spacial score (nSPS) is 39.2. The Morgan fingerprint density at radius 2 is 1.78 bits per heavy atom. The molecule has 2 fully saturated rings. The first-order valence-electron chi connectivity index (χ1n) is 7.00. The number of carbonyl (C=O) groups excluding carboxylic acids is 1. The third kappa shape index (κ3) is 4.25. The number of hydrogen-bond acceptors (Lipinski definition) is 4. The zero-order chi connectivity index (χ0) is 13.7. The Morgan fingerprint density at radius 3 is 2.00 bits per heavy atom. The van der Waals surface area contributed by atoms with Crippen molar-refractivity contribution >= 4 is 5.97 Å². The predicted octanol–water partition coefficient (Wildman–Crippen LogP) is 2.49. The van der Waals surface area contributed by atoms with Crippen LogP contribution in [0.5, 0.6) is 0 Å². The largest absolute Gasteiger partial charge is 0.462 e. The van der Waals surface area contributed by atoms with Gasteiger partial charge in [0.15, 0.2) is 6.29 Å². The van der Waals surface area contributed by atoms with Gasteiger partial charge < -0.3 is 14.6 Å². The smallest absolute Gasteiger partial charge is 0.306 e. The summed E-state index contributed by atoms with van der Waals surface area (Å²) in [5.74, 6) is 0.932. The molecule has 0 bridgehead atoms. The van der Waals surface area contributed by atoms with Gasteiger partial charge in [-0.2, -0.15) is 0 Å². The second kappa shape index (κ2) is 7.10. The minimum atomic E-state index is -0.495. The van der Waals surface area contributed by atoms with E-state index < -0.39 is 6.29 Å². The van der Waals surface area contributed by atoms with Crippen LogP contribution in [-0.4, -0.2) is 29.6 Å². The van der Waals surface area contributed by atoms with Gasteiger partial charge >= 0.3 is 5.97 Å². The Morgan fingerprint density at radius 1 is 1.17 bits per heavy atom. The Kier molecular flexibility index (Phi) is 6.09. The van der Waals surface area contributed by atoms with E-state index in [9.17, 15) is 4.79 Å². The van der Waals surface area contributed by atoms with Crippen LogP contribution in [0.1, 0.15) is 53.4 Å². The van der Waals surface area contributed by atoms with Gasteiger partial charge in [-0.3, -0.25) is 4.79 Å². The molecule has 106 valence electrons. The molecule has 2 saturated heterocycles. The van der Waals surface area contributed by atoms with E-state index in [0.29, 0.717) is 24.4 Å². The van der Waals surface area contributed by atoms with Gasteiger partial charge in [-0.1, -0.05) is 27.7 Å². The van der Waals surface area contributed by atoms with Crippen molar-refractivity contribution in [2.24, 2.45) is 11.8 Å². The highest BCUT2D eigenvalue weighted by Crippen LogP contribution is 2.26. The molecule has 5 atom stereocenters. The van der Waals surface area contributed by atoms with Crippen molar-refractivity contribution in [2.75, 3.05) is 0 Å². The molecule has 1 unspecified atom stereocenters. The molecule has 0 aliphatic carbocycles. The summed E-state index contributed by atoms with van der Waals surface area (Å²) in [6, 6.07) is 0. The average molecular weight is 258 g/mol. The first kappa shape index (κ1) is 15.4. The lowest BCUT2D eigenvalue weighted by molar-refractivity contribution is -0.141. The number of esters is 1. The molecule has 2 heterocycles. The van der Waals surface area contributed by atoms with Gasteiger partial charge in [0.25, 0.3) is 0 Å². The van der Waals surface area contributed by atoms with Crippen molar-refractivity contribution in [3.05, 3.63) is 0 Å². The first-order chi connectivity index (χ1) is 8.47. The van der Waals surface area contributed by atoms with Gasteiger partial charge in [-0.25, -0.2) is 0 Å². The van der Waals surface area contributed by atoms with Crippen LogP contribution in [0.4, 0.5) is 0 Å². The fourth-order valence-corrected chi connectivity index (χ4v) is 2.57. The van der Waals surface area contributed by atoms with E-state index in [2.05, 4.69) is 20.8 Å². The highest BCUT2D eigenvalue weighted by Gasteiger charge is 2.29. The topological polar surface area (TPSA) is 55.8 Å². The van der Waals surface area contributed by atoms with Crippen molar-refractivity contribution in [2.45, 2.75) is 71.9 Å². The van der Waals surface area contributed by atoms with Gasteiger partial charge in [-0.15, -0.1) is 0 Å². The third-order valence-electron chi connectivity index (χ3n) is 3.75. The summed E-state index contributed by atoms with van der Waals surface area (Å²) in [4.78, 5) is 10.6. The van der Waals surface area contributed by atoms with Gasteiger partial charge in [-0.05, 0) is 18.8 Å². The van der Waals surface area contributed by atoms with E-state index in [1.807, 2.05) is 6.92 Å². The van der Waals surface area contributed by atoms with Crippen molar-refractivity contribution < 1.29 is 19.4 Å². The second-order valence-electron chi connectivity index (χ2n) is 5.37. The number of hydrogen-bond donors (Lipinski definition) is 1. The van der Waals surface area contributed by atoms with Crippen molar-refractivity contribution in [1.29, 1.82) is 0 Å². The quantitative estimate of drug-likeness (QED) is 0.773. The Hall–Kier alpha value is -0.610.